The van der Waals surface area contributed by atoms with Gasteiger partial charge in [-0.25, -0.2) is 13.4 Å². The summed E-state index contributed by atoms with van der Waals surface area (Å²) in [7, 11) is -3.56. The van der Waals surface area contributed by atoms with E-state index in [2.05, 4.69) is 10.1 Å². The lowest BCUT2D eigenvalue weighted by atomic mass is 10.2. The number of hydrogen-bond acceptors (Lipinski definition) is 6. The molecule has 1 aliphatic carbocycles. The number of sulfonamides is 1. The normalized spacial score (nSPS) is 17.9. The molecule has 0 bridgehead atoms. The van der Waals surface area contributed by atoms with Crippen molar-refractivity contribution in [3.8, 4) is 11.7 Å². The highest BCUT2D eigenvalue weighted by molar-refractivity contribution is 7.98. The zero-order valence-corrected chi connectivity index (χ0v) is 16.3. The van der Waals surface area contributed by atoms with Crippen molar-refractivity contribution in [2.45, 2.75) is 55.1 Å². The molecule has 2 aromatic rings. The third-order valence-corrected chi connectivity index (χ3v) is 8.09. The Hall–Kier alpha value is -1.58. The van der Waals surface area contributed by atoms with Gasteiger partial charge in [-0.05, 0) is 25.0 Å². The molecule has 0 amide bonds. The highest BCUT2D eigenvalue weighted by atomic mass is 32.2. The molecule has 140 valence electrons. The van der Waals surface area contributed by atoms with E-state index in [0.29, 0.717) is 12.4 Å². The van der Waals surface area contributed by atoms with Crippen LogP contribution < -0.4 is 0 Å². The third kappa shape index (κ3) is 2.91. The fraction of sp³-hybridized carbons (Fsp3) is 0.529. The third-order valence-electron chi connectivity index (χ3n) is 5.11. The number of thioether (sulfide) groups is 1. The van der Waals surface area contributed by atoms with Crippen molar-refractivity contribution in [3.63, 3.8) is 0 Å². The van der Waals surface area contributed by atoms with Gasteiger partial charge < -0.3 is 5.11 Å². The molecule has 3 heterocycles. The minimum atomic E-state index is -3.56. The van der Waals surface area contributed by atoms with Gasteiger partial charge >= 0.3 is 0 Å². The minimum absolute atomic E-state index is 0.0836. The van der Waals surface area contributed by atoms with Gasteiger partial charge in [0.05, 0.1) is 5.69 Å². The first-order valence-electron chi connectivity index (χ1n) is 8.88. The van der Waals surface area contributed by atoms with E-state index >= 15 is 0 Å². The summed E-state index contributed by atoms with van der Waals surface area (Å²) in [6, 6.07) is 3.24. The maximum absolute atomic E-state index is 13.0. The zero-order valence-electron chi connectivity index (χ0n) is 14.6. The van der Waals surface area contributed by atoms with Crippen LogP contribution in [0.5, 0.6) is 5.88 Å². The predicted molar refractivity (Wildman–Crippen MR) is 99.8 cm³/mol. The quantitative estimate of drug-likeness (QED) is 0.839. The van der Waals surface area contributed by atoms with Crippen molar-refractivity contribution in [1.29, 1.82) is 0 Å². The van der Waals surface area contributed by atoms with Gasteiger partial charge in [-0.2, -0.15) is 25.8 Å². The number of rotatable bonds is 5. The zero-order chi connectivity index (χ0) is 18.3. The fourth-order valence-electron chi connectivity index (χ4n) is 3.76. The van der Waals surface area contributed by atoms with Crippen LogP contribution in [0, 0.1) is 0 Å². The molecule has 1 saturated carbocycles. The van der Waals surface area contributed by atoms with Crippen LogP contribution in [-0.2, 0) is 21.5 Å². The minimum Gasteiger partial charge on any atom is -0.493 e. The number of nitrogens with zero attached hydrogens (tertiary/aromatic N) is 4. The number of aromatic nitrogens is 3. The Balaban J connectivity index is 1.63. The smallest absolute Gasteiger partial charge is 0.244 e. The molecule has 1 fully saturated rings. The number of fused-ring (bicyclic) bond motifs is 1. The molecule has 2 aromatic heterocycles. The lowest BCUT2D eigenvalue weighted by Gasteiger charge is -2.26. The Bertz CT molecular complexity index is 903. The van der Waals surface area contributed by atoms with Crippen LogP contribution in [0.4, 0.5) is 0 Å². The largest absolute Gasteiger partial charge is 0.493 e. The summed E-state index contributed by atoms with van der Waals surface area (Å²) in [5.41, 5.74) is 1.70. The van der Waals surface area contributed by atoms with Crippen molar-refractivity contribution in [2.24, 2.45) is 0 Å². The van der Waals surface area contributed by atoms with E-state index in [9.17, 15) is 13.5 Å². The van der Waals surface area contributed by atoms with Crippen LogP contribution in [0.2, 0.25) is 0 Å². The SMILES string of the molecule is CCN(C1CCCC1)S(=O)(=O)c1ccc(-n2nc3c(c2O)CSC3)nc1. The molecule has 0 atom stereocenters. The Morgan fingerprint density at radius 2 is 2.08 bits per heavy atom. The highest BCUT2D eigenvalue weighted by Crippen LogP contribution is 2.36. The van der Waals surface area contributed by atoms with Crippen molar-refractivity contribution in [3.05, 3.63) is 29.6 Å². The van der Waals surface area contributed by atoms with E-state index in [-0.39, 0.29) is 16.8 Å². The molecule has 4 rings (SSSR count). The summed E-state index contributed by atoms with van der Waals surface area (Å²) in [4.78, 5) is 4.44. The van der Waals surface area contributed by atoms with E-state index in [1.54, 1.807) is 28.2 Å². The molecule has 26 heavy (non-hydrogen) atoms. The Morgan fingerprint density at radius 3 is 2.69 bits per heavy atom. The maximum atomic E-state index is 13.0. The first kappa shape index (κ1) is 17.8. The van der Waals surface area contributed by atoms with Crippen molar-refractivity contribution in [2.75, 3.05) is 6.54 Å². The molecule has 0 radical (unpaired) electrons. The molecule has 0 saturated heterocycles. The van der Waals surface area contributed by atoms with Crippen LogP contribution in [0.3, 0.4) is 0 Å². The summed E-state index contributed by atoms with van der Waals surface area (Å²) in [6.45, 7) is 2.33. The average molecular weight is 395 g/mol. The first-order valence-corrected chi connectivity index (χ1v) is 11.5. The summed E-state index contributed by atoms with van der Waals surface area (Å²) in [5.74, 6) is 2.02. The van der Waals surface area contributed by atoms with E-state index in [1.807, 2.05) is 6.92 Å². The molecule has 0 unspecified atom stereocenters. The standard InChI is InChI=1S/C17H22N4O3S2/c1-2-20(12-5-3-4-6-12)26(23,24)13-7-8-16(18-9-13)21-17(22)14-10-25-11-15(14)19-21/h7-9,12,22H,2-6,10-11H2,1H3. The van der Waals surface area contributed by atoms with Gasteiger partial charge in [-0.15, -0.1) is 0 Å². The first-order chi connectivity index (χ1) is 12.5. The van der Waals surface area contributed by atoms with Crippen LogP contribution in [0.25, 0.3) is 5.82 Å². The second kappa shape index (κ2) is 6.86. The monoisotopic (exact) mass is 394 g/mol. The average Bonchev–Trinajstić information content (AvgIpc) is 3.36. The van der Waals surface area contributed by atoms with Crippen LogP contribution in [0.1, 0.15) is 43.9 Å². The van der Waals surface area contributed by atoms with Crippen molar-refractivity contribution in [1.82, 2.24) is 19.1 Å². The summed E-state index contributed by atoms with van der Waals surface area (Å²) < 4.78 is 29.0. The van der Waals surface area contributed by atoms with Gasteiger partial charge in [0.2, 0.25) is 15.9 Å². The summed E-state index contributed by atoms with van der Waals surface area (Å²) in [6.07, 6.45) is 5.36. The van der Waals surface area contributed by atoms with E-state index in [0.717, 1.165) is 48.4 Å². The highest BCUT2D eigenvalue weighted by Gasteiger charge is 2.32. The molecule has 7 nitrogen and oxygen atoms in total. The van der Waals surface area contributed by atoms with Crippen molar-refractivity contribution >= 4 is 21.8 Å². The van der Waals surface area contributed by atoms with Gasteiger partial charge in [0.25, 0.3) is 0 Å². The molecule has 2 aliphatic rings. The predicted octanol–water partition coefficient (Wildman–Crippen LogP) is 2.67. The lowest BCUT2D eigenvalue weighted by Crippen LogP contribution is -2.38. The van der Waals surface area contributed by atoms with Crippen molar-refractivity contribution < 1.29 is 13.5 Å². The molecule has 0 spiro atoms. The van der Waals surface area contributed by atoms with Gasteiger partial charge in [0.1, 0.15) is 4.90 Å². The molecule has 1 N–H and O–H groups in total. The van der Waals surface area contributed by atoms with Crippen LogP contribution in [-0.4, -0.2) is 45.2 Å². The van der Waals surface area contributed by atoms with E-state index in [4.69, 9.17) is 0 Å². The van der Waals surface area contributed by atoms with Gasteiger partial charge in [-0.1, -0.05) is 19.8 Å². The second-order valence-electron chi connectivity index (χ2n) is 6.65. The summed E-state index contributed by atoms with van der Waals surface area (Å²) in [5, 5.41) is 14.7. The number of pyridine rings is 1. The van der Waals surface area contributed by atoms with Gasteiger partial charge in [0.15, 0.2) is 5.82 Å². The Morgan fingerprint density at radius 1 is 1.31 bits per heavy atom. The lowest BCUT2D eigenvalue weighted by molar-refractivity contribution is 0.335. The number of aromatic hydroxyl groups is 1. The molecule has 9 heteroatoms. The van der Waals surface area contributed by atoms with Gasteiger partial charge in [0, 0.05) is 35.9 Å². The van der Waals surface area contributed by atoms with E-state index < -0.39 is 10.0 Å². The van der Waals surface area contributed by atoms with Crippen LogP contribution in [0.15, 0.2) is 23.2 Å². The maximum Gasteiger partial charge on any atom is 0.244 e. The Labute approximate surface area is 157 Å². The fourth-order valence-corrected chi connectivity index (χ4v) is 6.43. The summed E-state index contributed by atoms with van der Waals surface area (Å²) >= 11 is 1.71. The van der Waals surface area contributed by atoms with Crippen LogP contribution >= 0.6 is 11.8 Å². The van der Waals surface area contributed by atoms with E-state index in [1.165, 1.54) is 10.9 Å². The molecular weight excluding hydrogens is 372 g/mol. The molecule has 0 aromatic carbocycles. The molecule has 1 aliphatic heterocycles. The molecular formula is C17H22N4O3S2. The number of hydrogen-bond donors (Lipinski definition) is 1. The Kier molecular flexibility index (Phi) is 4.70. The second-order valence-corrected chi connectivity index (χ2v) is 9.53. The topological polar surface area (TPSA) is 88.3 Å². The van der Waals surface area contributed by atoms with Gasteiger partial charge in [-0.3, -0.25) is 0 Å².